The minimum Gasteiger partial charge on any atom is -0.494 e. The normalized spacial score (nSPS) is 10.3. The lowest BCUT2D eigenvalue weighted by Gasteiger charge is -2.08. The van der Waals surface area contributed by atoms with Crippen LogP contribution in [0.5, 0.6) is 5.75 Å². The molecule has 1 amide bonds. The quantitative estimate of drug-likeness (QED) is 0.674. The summed E-state index contributed by atoms with van der Waals surface area (Å²) in [6, 6.07) is 17.6. The number of ether oxygens (including phenoxy) is 1. The smallest absolute Gasteiger partial charge is 0.224 e. The van der Waals surface area contributed by atoms with E-state index in [2.05, 4.69) is 12.2 Å². The largest absolute Gasteiger partial charge is 0.494 e. The highest BCUT2D eigenvalue weighted by Crippen LogP contribution is 2.16. The molecule has 122 valence electrons. The van der Waals surface area contributed by atoms with Gasteiger partial charge in [0.2, 0.25) is 5.91 Å². The fraction of sp³-hybridized carbons (Fsp3) is 0.350. The van der Waals surface area contributed by atoms with Crippen molar-refractivity contribution >= 4 is 11.6 Å². The van der Waals surface area contributed by atoms with Crippen LogP contribution >= 0.6 is 0 Å². The van der Waals surface area contributed by atoms with Gasteiger partial charge in [-0.05, 0) is 42.7 Å². The molecule has 0 spiro atoms. The lowest BCUT2D eigenvalue weighted by atomic mass is 10.1. The molecule has 3 nitrogen and oxygen atoms in total. The van der Waals surface area contributed by atoms with E-state index in [1.165, 1.54) is 18.4 Å². The van der Waals surface area contributed by atoms with Gasteiger partial charge in [0, 0.05) is 12.1 Å². The molecule has 0 heterocycles. The summed E-state index contributed by atoms with van der Waals surface area (Å²) in [5.41, 5.74) is 1.99. The van der Waals surface area contributed by atoms with Gasteiger partial charge < -0.3 is 10.1 Å². The molecule has 0 radical (unpaired) electrons. The number of amides is 1. The molecule has 2 aromatic carbocycles. The van der Waals surface area contributed by atoms with Crippen LogP contribution in [0.25, 0.3) is 0 Å². The zero-order chi connectivity index (χ0) is 16.3. The van der Waals surface area contributed by atoms with Crippen LogP contribution in [0.3, 0.4) is 0 Å². The number of hydrogen-bond acceptors (Lipinski definition) is 2. The van der Waals surface area contributed by atoms with Crippen LogP contribution in [0.1, 0.15) is 38.2 Å². The highest BCUT2D eigenvalue weighted by molar-refractivity contribution is 5.90. The average Bonchev–Trinajstić information content (AvgIpc) is 2.59. The Morgan fingerprint density at radius 3 is 2.43 bits per heavy atom. The predicted octanol–water partition coefficient (Wildman–Crippen LogP) is 4.83. The SMILES string of the molecule is CCCCCOc1ccc(NC(=O)CCc2ccccc2)cc1. The molecule has 3 heteroatoms. The zero-order valence-corrected chi connectivity index (χ0v) is 13.8. The number of rotatable bonds is 9. The highest BCUT2D eigenvalue weighted by atomic mass is 16.5. The number of benzene rings is 2. The molecule has 1 N–H and O–H groups in total. The lowest BCUT2D eigenvalue weighted by molar-refractivity contribution is -0.116. The van der Waals surface area contributed by atoms with Crippen LogP contribution in [0.15, 0.2) is 54.6 Å². The number of hydrogen-bond donors (Lipinski definition) is 1. The van der Waals surface area contributed by atoms with E-state index >= 15 is 0 Å². The van der Waals surface area contributed by atoms with Gasteiger partial charge in [0.05, 0.1) is 6.61 Å². The lowest BCUT2D eigenvalue weighted by Crippen LogP contribution is -2.12. The molecule has 23 heavy (non-hydrogen) atoms. The van der Waals surface area contributed by atoms with Crippen molar-refractivity contribution in [2.24, 2.45) is 0 Å². The van der Waals surface area contributed by atoms with Crippen molar-refractivity contribution < 1.29 is 9.53 Å². The Hall–Kier alpha value is -2.29. The van der Waals surface area contributed by atoms with E-state index in [0.717, 1.165) is 30.9 Å². The standard InChI is InChI=1S/C20H25NO2/c1-2-3-7-16-23-19-13-11-18(12-14-19)21-20(22)15-10-17-8-5-4-6-9-17/h4-6,8-9,11-14H,2-3,7,10,15-16H2,1H3,(H,21,22). The summed E-state index contributed by atoms with van der Waals surface area (Å²) in [5.74, 6) is 0.883. The van der Waals surface area contributed by atoms with Crippen molar-refractivity contribution in [3.05, 3.63) is 60.2 Å². The first kappa shape index (κ1) is 17.1. The van der Waals surface area contributed by atoms with Gasteiger partial charge in [-0.1, -0.05) is 50.1 Å². The van der Waals surface area contributed by atoms with Gasteiger partial charge in [-0.15, -0.1) is 0 Å². The molecule has 0 aromatic heterocycles. The third-order valence-electron chi connectivity index (χ3n) is 3.64. The number of nitrogens with one attached hydrogen (secondary N) is 1. The summed E-state index contributed by atoms with van der Waals surface area (Å²) in [7, 11) is 0. The number of carbonyl (C=O) groups is 1. The van der Waals surface area contributed by atoms with E-state index < -0.39 is 0 Å². The molecule has 0 aliphatic rings. The van der Waals surface area contributed by atoms with E-state index in [-0.39, 0.29) is 5.91 Å². The second kappa shape index (κ2) is 9.67. The second-order valence-electron chi connectivity index (χ2n) is 5.61. The molecule has 0 saturated heterocycles. The van der Waals surface area contributed by atoms with Crippen molar-refractivity contribution in [2.45, 2.75) is 39.0 Å². The molecular formula is C20H25NO2. The Balaban J connectivity index is 1.73. The topological polar surface area (TPSA) is 38.3 Å². The van der Waals surface area contributed by atoms with E-state index in [4.69, 9.17) is 4.74 Å². The maximum absolute atomic E-state index is 12.0. The van der Waals surface area contributed by atoms with Crippen molar-refractivity contribution in [3.8, 4) is 5.75 Å². The van der Waals surface area contributed by atoms with Crippen molar-refractivity contribution in [1.29, 1.82) is 0 Å². The number of aryl methyl sites for hydroxylation is 1. The molecule has 0 fully saturated rings. The van der Waals surface area contributed by atoms with E-state index in [1.54, 1.807) is 0 Å². The number of unbranched alkanes of at least 4 members (excludes halogenated alkanes) is 2. The molecule has 0 bridgehead atoms. The first-order chi connectivity index (χ1) is 11.3. The van der Waals surface area contributed by atoms with Crippen LogP contribution in [0, 0.1) is 0 Å². The number of carbonyl (C=O) groups excluding carboxylic acids is 1. The van der Waals surface area contributed by atoms with Crippen LogP contribution < -0.4 is 10.1 Å². The fourth-order valence-electron chi connectivity index (χ4n) is 2.30. The van der Waals surface area contributed by atoms with Crippen molar-refractivity contribution in [1.82, 2.24) is 0 Å². The molecule has 0 saturated carbocycles. The Morgan fingerprint density at radius 2 is 1.74 bits per heavy atom. The summed E-state index contributed by atoms with van der Waals surface area (Å²) in [4.78, 5) is 12.0. The molecule has 0 atom stereocenters. The second-order valence-corrected chi connectivity index (χ2v) is 5.61. The molecular weight excluding hydrogens is 286 g/mol. The van der Waals surface area contributed by atoms with E-state index in [1.807, 2.05) is 54.6 Å². The van der Waals surface area contributed by atoms with Gasteiger partial charge >= 0.3 is 0 Å². The van der Waals surface area contributed by atoms with Crippen LogP contribution in [0.2, 0.25) is 0 Å². The van der Waals surface area contributed by atoms with Crippen LogP contribution in [-0.2, 0) is 11.2 Å². The van der Waals surface area contributed by atoms with Gasteiger partial charge in [-0.3, -0.25) is 4.79 Å². The van der Waals surface area contributed by atoms with Crippen molar-refractivity contribution in [3.63, 3.8) is 0 Å². The molecule has 0 aliphatic carbocycles. The van der Waals surface area contributed by atoms with Gasteiger partial charge in [0.15, 0.2) is 0 Å². The fourth-order valence-corrected chi connectivity index (χ4v) is 2.30. The Bertz CT molecular complexity index is 578. The van der Waals surface area contributed by atoms with Gasteiger partial charge in [-0.25, -0.2) is 0 Å². The molecule has 0 aliphatic heterocycles. The third kappa shape index (κ3) is 6.55. The summed E-state index contributed by atoms with van der Waals surface area (Å²) < 4.78 is 5.66. The highest BCUT2D eigenvalue weighted by Gasteiger charge is 2.03. The summed E-state index contributed by atoms with van der Waals surface area (Å²) >= 11 is 0. The maximum atomic E-state index is 12.0. The van der Waals surface area contributed by atoms with E-state index in [9.17, 15) is 4.79 Å². The monoisotopic (exact) mass is 311 g/mol. The first-order valence-electron chi connectivity index (χ1n) is 8.34. The predicted molar refractivity (Wildman–Crippen MR) is 94.9 cm³/mol. The minimum absolute atomic E-state index is 0.0328. The van der Waals surface area contributed by atoms with Gasteiger partial charge in [-0.2, -0.15) is 0 Å². The Kier molecular flexibility index (Phi) is 7.18. The van der Waals surface area contributed by atoms with Crippen molar-refractivity contribution in [2.75, 3.05) is 11.9 Å². The van der Waals surface area contributed by atoms with E-state index in [0.29, 0.717) is 6.42 Å². The average molecular weight is 311 g/mol. The molecule has 0 unspecified atom stereocenters. The molecule has 2 aromatic rings. The van der Waals surface area contributed by atoms with Crippen LogP contribution in [0.4, 0.5) is 5.69 Å². The molecule has 2 rings (SSSR count). The minimum atomic E-state index is 0.0328. The maximum Gasteiger partial charge on any atom is 0.224 e. The first-order valence-corrected chi connectivity index (χ1v) is 8.34. The summed E-state index contributed by atoms with van der Waals surface area (Å²) in [5, 5.41) is 2.92. The number of anilines is 1. The Morgan fingerprint density at radius 1 is 1.00 bits per heavy atom. The zero-order valence-electron chi connectivity index (χ0n) is 13.8. The summed E-state index contributed by atoms with van der Waals surface area (Å²) in [6.07, 6.45) is 4.70. The van der Waals surface area contributed by atoms with Crippen LogP contribution in [-0.4, -0.2) is 12.5 Å². The third-order valence-corrected chi connectivity index (χ3v) is 3.64. The Labute approximate surface area is 138 Å². The van der Waals surface area contributed by atoms with Gasteiger partial charge in [0.1, 0.15) is 5.75 Å². The summed E-state index contributed by atoms with van der Waals surface area (Å²) in [6.45, 7) is 2.92. The van der Waals surface area contributed by atoms with Gasteiger partial charge in [0.25, 0.3) is 0 Å².